The number of nitro groups is 2. The first-order valence-corrected chi connectivity index (χ1v) is 5.99. The number of hydrogen-bond donors (Lipinski definition) is 1. The van der Waals surface area contributed by atoms with E-state index in [-0.39, 0.29) is 24.8 Å². The summed E-state index contributed by atoms with van der Waals surface area (Å²) in [5.41, 5.74) is -1.73. The van der Waals surface area contributed by atoms with Gasteiger partial charge in [-0.15, -0.1) is 0 Å². The molecule has 0 aromatic heterocycles. The van der Waals surface area contributed by atoms with Gasteiger partial charge in [-0.1, -0.05) is 11.6 Å². The lowest BCUT2D eigenvalue weighted by Gasteiger charge is -2.04. The van der Waals surface area contributed by atoms with E-state index in [1.807, 2.05) is 0 Å². The van der Waals surface area contributed by atoms with E-state index in [1.165, 1.54) is 0 Å². The normalized spacial score (nSPS) is 10.1. The number of rotatable bonds is 7. The molecule has 1 aromatic rings. The zero-order valence-electron chi connectivity index (χ0n) is 10.4. The molecule has 0 aliphatic heterocycles. The highest BCUT2D eigenvalue weighted by atomic mass is 35.5. The Bertz CT molecular complexity index is 629. The Kier molecular flexibility index (Phi) is 5.30. The summed E-state index contributed by atoms with van der Waals surface area (Å²) in [6.45, 7) is 0. The van der Waals surface area contributed by atoms with Gasteiger partial charge in [-0.25, -0.2) is 0 Å². The predicted molar refractivity (Wildman–Crippen MR) is 70.6 cm³/mol. The number of ketones is 1. The lowest BCUT2D eigenvalue weighted by Crippen LogP contribution is -2.05. The molecule has 0 saturated heterocycles. The van der Waals surface area contributed by atoms with Crippen LogP contribution in [-0.4, -0.2) is 26.7 Å². The lowest BCUT2D eigenvalue weighted by molar-refractivity contribution is -0.394. The molecule has 0 aliphatic carbocycles. The van der Waals surface area contributed by atoms with E-state index >= 15 is 0 Å². The molecule has 0 saturated carbocycles. The SMILES string of the molecule is O=C(O)CCCC(=O)c1cc([N+](=O)[O-])cc([N+](=O)[O-])c1Cl. The molecule has 1 N–H and O–H groups in total. The second kappa shape index (κ2) is 6.75. The molecule has 0 atom stereocenters. The van der Waals surface area contributed by atoms with Crippen LogP contribution >= 0.6 is 11.6 Å². The number of carbonyl (C=O) groups is 2. The number of carbonyl (C=O) groups excluding carboxylic acids is 1. The van der Waals surface area contributed by atoms with E-state index in [2.05, 4.69) is 0 Å². The van der Waals surface area contributed by atoms with Crippen molar-refractivity contribution in [3.8, 4) is 0 Å². The molecule has 0 amide bonds. The number of non-ortho nitro benzene ring substituents is 1. The molecule has 0 fully saturated rings. The smallest absolute Gasteiger partial charge is 0.303 e. The maximum atomic E-state index is 11.9. The van der Waals surface area contributed by atoms with Gasteiger partial charge in [0.15, 0.2) is 5.78 Å². The van der Waals surface area contributed by atoms with Crippen LogP contribution in [-0.2, 0) is 4.79 Å². The molecular formula is C11H9ClN2O7. The third kappa shape index (κ3) is 4.21. The fraction of sp³-hybridized carbons (Fsp3) is 0.273. The summed E-state index contributed by atoms with van der Waals surface area (Å²) in [6, 6.07) is 1.51. The van der Waals surface area contributed by atoms with E-state index in [1.54, 1.807) is 0 Å². The third-order valence-electron chi connectivity index (χ3n) is 2.54. The van der Waals surface area contributed by atoms with Gasteiger partial charge in [0.25, 0.3) is 11.4 Å². The minimum Gasteiger partial charge on any atom is -0.481 e. The van der Waals surface area contributed by atoms with Crippen molar-refractivity contribution >= 4 is 34.7 Å². The molecule has 0 heterocycles. The summed E-state index contributed by atoms with van der Waals surface area (Å²) in [5.74, 6) is -1.79. The van der Waals surface area contributed by atoms with Crippen molar-refractivity contribution in [3.63, 3.8) is 0 Å². The van der Waals surface area contributed by atoms with Crippen LogP contribution in [0.4, 0.5) is 11.4 Å². The Morgan fingerprint density at radius 3 is 2.24 bits per heavy atom. The number of halogens is 1. The summed E-state index contributed by atoms with van der Waals surface area (Å²) >= 11 is 5.72. The molecule has 0 bridgehead atoms. The maximum Gasteiger partial charge on any atom is 0.303 e. The Hall–Kier alpha value is -2.55. The highest BCUT2D eigenvalue weighted by Gasteiger charge is 2.25. The van der Waals surface area contributed by atoms with Crippen molar-refractivity contribution in [3.05, 3.63) is 42.9 Å². The molecule has 0 aliphatic rings. The molecule has 0 spiro atoms. The minimum atomic E-state index is -1.10. The van der Waals surface area contributed by atoms with Gasteiger partial charge in [0.1, 0.15) is 5.02 Å². The number of hydrogen-bond acceptors (Lipinski definition) is 6. The van der Waals surface area contributed by atoms with Gasteiger partial charge in [0.2, 0.25) is 0 Å². The summed E-state index contributed by atoms with van der Waals surface area (Å²) in [7, 11) is 0. The molecule has 1 aromatic carbocycles. The molecular weight excluding hydrogens is 308 g/mol. The average molecular weight is 317 g/mol. The van der Waals surface area contributed by atoms with E-state index in [4.69, 9.17) is 16.7 Å². The fourth-order valence-corrected chi connectivity index (χ4v) is 1.85. The van der Waals surface area contributed by atoms with E-state index in [0.29, 0.717) is 6.07 Å². The number of carboxylic acid groups (broad SMARTS) is 1. The molecule has 21 heavy (non-hydrogen) atoms. The Morgan fingerprint density at radius 2 is 1.76 bits per heavy atom. The summed E-state index contributed by atoms with van der Waals surface area (Å²) in [4.78, 5) is 41.9. The molecule has 0 radical (unpaired) electrons. The van der Waals surface area contributed by atoms with Gasteiger partial charge < -0.3 is 5.11 Å². The lowest BCUT2D eigenvalue weighted by atomic mass is 10.0. The number of carboxylic acids is 1. The summed E-state index contributed by atoms with van der Waals surface area (Å²) < 4.78 is 0. The van der Waals surface area contributed by atoms with Crippen LogP contribution in [0.15, 0.2) is 12.1 Å². The van der Waals surface area contributed by atoms with Crippen LogP contribution in [0, 0.1) is 20.2 Å². The van der Waals surface area contributed by atoms with Gasteiger partial charge in [-0.2, -0.15) is 0 Å². The molecule has 9 nitrogen and oxygen atoms in total. The first-order chi connectivity index (χ1) is 9.73. The van der Waals surface area contributed by atoms with E-state index in [9.17, 15) is 29.8 Å². The van der Waals surface area contributed by atoms with Gasteiger partial charge >= 0.3 is 5.97 Å². The molecule has 10 heteroatoms. The topological polar surface area (TPSA) is 141 Å². The van der Waals surface area contributed by atoms with Crippen molar-refractivity contribution in [1.29, 1.82) is 0 Å². The van der Waals surface area contributed by atoms with Gasteiger partial charge in [-0.3, -0.25) is 29.8 Å². The van der Waals surface area contributed by atoms with Crippen molar-refractivity contribution in [2.24, 2.45) is 0 Å². The Labute approximate surface area is 122 Å². The minimum absolute atomic E-state index is 0.000977. The van der Waals surface area contributed by atoms with Gasteiger partial charge in [0.05, 0.1) is 15.9 Å². The van der Waals surface area contributed by atoms with Crippen LogP contribution in [0.1, 0.15) is 29.6 Å². The van der Waals surface area contributed by atoms with Crippen LogP contribution < -0.4 is 0 Å². The first kappa shape index (κ1) is 16.5. The monoisotopic (exact) mass is 316 g/mol. The largest absolute Gasteiger partial charge is 0.481 e. The zero-order valence-corrected chi connectivity index (χ0v) is 11.2. The summed E-state index contributed by atoms with van der Waals surface area (Å²) in [6.07, 6.45) is -0.494. The van der Waals surface area contributed by atoms with Crippen molar-refractivity contribution in [2.45, 2.75) is 19.3 Å². The Balaban J connectivity index is 3.15. The van der Waals surface area contributed by atoms with Crippen molar-refractivity contribution < 1.29 is 24.5 Å². The number of Topliss-reactive ketones (excluding diaryl/α,β-unsaturated/α-hetero) is 1. The number of benzene rings is 1. The highest BCUT2D eigenvalue weighted by molar-refractivity contribution is 6.36. The number of nitro benzene ring substituents is 2. The predicted octanol–water partition coefficient (Wildman–Crippen LogP) is 2.59. The van der Waals surface area contributed by atoms with Gasteiger partial charge in [-0.05, 0) is 6.42 Å². The third-order valence-corrected chi connectivity index (χ3v) is 2.94. The molecule has 1 rings (SSSR count). The van der Waals surface area contributed by atoms with E-state index in [0.717, 1.165) is 6.07 Å². The van der Waals surface area contributed by atoms with Crippen LogP contribution in [0.3, 0.4) is 0 Å². The standard InChI is InChI=1S/C11H9ClN2O7/c12-11-7(9(15)2-1-3-10(16)17)4-6(13(18)19)5-8(11)14(20)21/h4-5H,1-3H2,(H,16,17). The van der Waals surface area contributed by atoms with Crippen LogP contribution in [0.25, 0.3) is 0 Å². The second-order valence-electron chi connectivity index (χ2n) is 4.01. The number of nitrogens with zero attached hydrogens (tertiary/aromatic N) is 2. The van der Waals surface area contributed by atoms with Crippen molar-refractivity contribution in [1.82, 2.24) is 0 Å². The molecule has 0 unspecified atom stereocenters. The fourth-order valence-electron chi connectivity index (χ4n) is 1.57. The first-order valence-electron chi connectivity index (χ1n) is 5.61. The van der Waals surface area contributed by atoms with Crippen LogP contribution in [0.2, 0.25) is 5.02 Å². The second-order valence-corrected chi connectivity index (χ2v) is 4.39. The quantitative estimate of drug-likeness (QED) is 0.463. The number of aliphatic carboxylic acids is 1. The maximum absolute atomic E-state index is 11.9. The summed E-state index contributed by atoms with van der Waals surface area (Å²) in [5, 5.41) is 29.5. The highest BCUT2D eigenvalue weighted by Crippen LogP contribution is 2.33. The van der Waals surface area contributed by atoms with Crippen molar-refractivity contribution in [2.75, 3.05) is 0 Å². The Morgan fingerprint density at radius 1 is 1.14 bits per heavy atom. The zero-order chi connectivity index (χ0) is 16.2. The molecule has 112 valence electrons. The van der Waals surface area contributed by atoms with E-state index < -0.39 is 38.0 Å². The van der Waals surface area contributed by atoms with Gasteiger partial charge in [0, 0.05) is 24.5 Å². The van der Waals surface area contributed by atoms with Crippen LogP contribution in [0.5, 0.6) is 0 Å². The average Bonchev–Trinajstić information content (AvgIpc) is 2.37.